The number of benzene rings is 1. The molecule has 2 atom stereocenters. The molecule has 0 aliphatic rings. The molecule has 0 saturated carbocycles. The Balaban J connectivity index is 2.38. The molecular weight excluding hydrogens is 382 g/mol. The molecule has 1 amide bonds. The number of carbonyl (C=O) groups is 2. The predicted molar refractivity (Wildman–Crippen MR) is 106 cm³/mol. The number of anilines is 2. The van der Waals surface area contributed by atoms with Gasteiger partial charge < -0.3 is 24.3 Å². The minimum atomic E-state index is -1.18. The summed E-state index contributed by atoms with van der Waals surface area (Å²) in [4.78, 5) is 40.1. The van der Waals surface area contributed by atoms with Gasteiger partial charge in [0.2, 0.25) is 0 Å². The van der Waals surface area contributed by atoms with Gasteiger partial charge in [0.1, 0.15) is 5.60 Å². The third kappa shape index (κ3) is 5.44. The Kier molecular flexibility index (Phi) is 6.48. The van der Waals surface area contributed by atoms with Crippen molar-refractivity contribution in [1.82, 2.24) is 4.98 Å². The second kappa shape index (κ2) is 8.48. The topological polar surface area (TPSA) is 140 Å². The lowest BCUT2D eigenvalue weighted by Gasteiger charge is -2.20. The van der Waals surface area contributed by atoms with Gasteiger partial charge >= 0.3 is 17.7 Å². The summed E-state index contributed by atoms with van der Waals surface area (Å²) in [5, 5.41) is 14.6. The van der Waals surface area contributed by atoms with Crippen LogP contribution in [0.15, 0.2) is 21.3 Å². The monoisotopic (exact) mass is 407 g/mol. The van der Waals surface area contributed by atoms with Gasteiger partial charge in [-0.05, 0) is 52.3 Å². The Bertz CT molecular complexity index is 978. The molecule has 0 aliphatic heterocycles. The summed E-state index contributed by atoms with van der Waals surface area (Å²) in [5.74, 6) is -1.18. The van der Waals surface area contributed by atoms with Gasteiger partial charge in [-0.3, -0.25) is 5.32 Å². The molecule has 1 heterocycles. The maximum atomic E-state index is 12.5. The molecule has 0 aliphatic carbocycles. The highest BCUT2D eigenvalue weighted by atomic mass is 16.6. The quantitative estimate of drug-likeness (QED) is 0.659. The first-order chi connectivity index (χ1) is 13.4. The van der Waals surface area contributed by atoms with Crippen LogP contribution in [-0.4, -0.2) is 47.0 Å². The van der Waals surface area contributed by atoms with Crippen molar-refractivity contribution in [2.24, 2.45) is 0 Å². The molecule has 0 bridgehead atoms. The summed E-state index contributed by atoms with van der Waals surface area (Å²) in [5.41, 5.74) is -0.294. The van der Waals surface area contributed by atoms with Gasteiger partial charge in [-0.1, -0.05) is 0 Å². The minimum Gasteiger partial charge on any atom is -0.480 e. The van der Waals surface area contributed by atoms with Crippen LogP contribution in [0.25, 0.3) is 10.9 Å². The van der Waals surface area contributed by atoms with Gasteiger partial charge in [-0.25, -0.2) is 14.4 Å². The van der Waals surface area contributed by atoms with Crippen LogP contribution in [0.4, 0.5) is 16.5 Å². The predicted octanol–water partition coefficient (Wildman–Crippen LogP) is 2.74. The first-order valence-electron chi connectivity index (χ1n) is 8.89. The van der Waals surface area contributed by atoms with E-state index in [1.807, 2.05) is 0 Å². The molecule has 10 heteroatoms. The zero-order valence-corrected chi connectivity index (χ0v) is 17.2. The second-order valence-electron chi connectivity index (χ2n) is 7.47. The molecule has 29 heavy (non-hydrogen) atoms. The standard InChI is InChI=1S/C19H25N3O7/c1-9-11(21-18(26)29-19(3,4)5)7-8-12-13(9)16(25)28-17(20-12)22-14(15(23)24)10(2)27-6/h7-8,10,14H,1-6H3,(H,20,22)(H,21,26)(H,23,24)/t10?,14-/m0/s1. The Morgan fingerprint density at radius 1 is 1.28 bits per heavy atom. The van der Waals surface area contributed by atoms with Gasteiger partial charge in [-0.2, -0.15) is 4.98 Å². The fourth-order valence-corrected chi connectivity index (χ4v) is 2.58. The van der Waals surface area contributed by atoms with Crippen LogP contribution in [0, 0.1) is 6.92 Å². The number of aryl methyl sites for hydroxylation is 1. The molecule has 0 radical (unpaired) electrons. The fraction of sp³-hybridized carbons (Fsp3) is 0.474. The molecule has 1 aromatic heterocycles. The maximum absolute atomic E-state index is 12.5. The molecule has 2 rings (SSSR count). The van der Waals surface area contributed by atoms with Crippen LogP contribution in [0.1, 0.15) is 33.3 Å². The van der Waals surface area contributed by atoms with E-state index < -0.39 is 35.4 Å². The third-order valence-electron chi connectivity index (χ3n) is 4.08. The smallest absolute Gasteiger partial charge is 0.412 e. The van der Waals surface area contributed by atoms with E-state index in [9.17, 15) is 19.5 Å². The average Bonchev–Trinajstić information content (AvgIpc) is 2.59. The van der Waals surface area contributed by atoms with Gasteiger partial charge in [0, 0.05) is 12.8 Å². The van der Waals surface area contributed by atoms with E-state index >= 15 is 0 Å². The number of carbonyl (C=O) groups excluding carboxylic acids is 1. The van der Waals surface area contributed by atoms with E-state index in [2.05, 4.69) is 15.6 Å². The molecule has 0 fully saturated rings. The van der Waals surface area contributed by atoms with Crippen LogP contribution >= 0.6 is 0 Å². The third-order valence-corrected chi connectivity index (χ3v) is 4.08. The highest BCUT2D eigenvalue weighted by Gasteiger charge is 2.26. The number of methoxy groups -OCH3 is 1. The van der Waals surface area contributed by atoms with E-state index in [1.165, 1.54) is 13.2 Å². The summed E-state index contributed by atoms with van der Waals surface area (Å²) in [6.07, 6.45) is -1.36. The maximum Gasteiger partial charge on any atom is 0.412 e. The molecule has 10 nitrogen and oxygen atoms in total. The number of carboxylic acids is 1. The van der Waals surface area contributed by atoms with Crippen molar-refractivity contribution in [3.8, 4) is 0 Å². The molecule has 0 spiro atoms. The van der Waals surface area contributed by atoms with Crippen LogP contribution in [0.3, 0.4) is 0 Å². The van der Waals surface area contributed by atoms with Gasteiger partial charge in [0.15, 0.2) is 6.04 Å². The van der Waals surface area contributed by atoms with E-state index in [-0.39, 0.29) is 16.9 Å². The van der Waals surface area contributed by atoms with Crippen molar-refractivity contribution in [3.05, 3.63) is 28.1 Å². The van der Waals surface area contributed by atoms with Crippen LogP contribution in [0.5, 0.6) is 0 Å². The number of nitrogens with zero attached hydrogens (tertiary/aromatic N) is 1. The SMILES string of the molecule is COC(C)[C@H](Nc1nc2ccc(NC(=O)OC(C)(C)C)c(C)c2c(=O)o1)C(=O)O. The normalized spacial score (nSPS) is 13.6. The Labute approximate surface area is 167 Å². The van der Waals surface area contributed by atoms with Crippen molar-refractivity contribution in [2.45, 2.75) is 52.4 Å². The fourth-order valence-electron chi connectivity index (χ4n) is 2.58. The molecule has 1 aromatic carbocycles. The second-order valence-corrected chi connectivity index (χ2v) is 7.47. The summed E-state index contributed by atoms with van der Waals surface area (Å²) in [6, 6.07) is 1.69. The molecule has 2 aromatic rings. The number of nitrogens with one attached hydrogen (secondary N) is 2. The largest absolute Gasteiger partial charge is 0.480 e. The molecule has 3 N–H and O–H groups in total. The Hall–Kier alpha value is -3.14. The summed E-state index contributed by atoms with van der Waals surface area (Å²) in [6.45, 7) is 8.41. The van der Waals surface area contributed by atoms with Gasteiger partial charge in [0.25, 0.3) is 6.01 Å². The number of hydrogen-bond acceptors (Lipinski definition) is 8. The number of amides is 1. The first-order valence-corrected chi connectivity index (χ1v) is 8.89. The summed E-state index contributed by atoms with van der Waals surface area (Å²) < 4.78 is 15.4. The van der Waals surface area contributed by atoms with Crippen molar-refractivity contribution in [3.63, 3.8) is 0 Å². The average molecular weight is 407 g/mol. The molecule has 158 valence electrons. The summed E-state index contributed by atoms with van der Waals surface area (Å²) in [7, 11) is 1.37. The Morgan fingerprint density at radius 2 is 1.93 bits per heavy atom. The van der Waals surface area contributed by atoms with E-state index in [4.69, 9.17) is 13.9 Å². The van der Waals surface area contributed by atoms with Crippen molar-refractivity contribution in [2.75, 3.05) is 17.7 Å². The minimum absolute atomic E-state index is 0.163. The van der Waals surface area contributed by atoms with Crippen molar-refractivity contribution < 1.29 is 28.6 Å². The molecular formula is C19H25N3O7. The summed E-state index contributed by atoms with van der Waals surface area (Å²) >= 11 is 0. The zero-order chi connectivity index (χ0) is 21.9. The van der Waals surface area contributed by atoms with Crippen molar-refractivity contribution in [1.29, 1.82) is 0 Å². The molecule has 1 unspecified atom stereocenters. The van der Waals surface area contributed by atoms with Gasteiger partial charge in [-0.15, -0.1) is 0 Å². The highest BCUT2D eigenvalue weighted by Crippen LogP contribution is 2.24. The van der Waals surface area contributed by atoms with E-state index in [1.54, 1.807) is 40.7 Å². The number of fused-ring (bicyclic) bond motifs is 1. The lowest BCUT2D eigenvalue weighted by Crippen LogP contribution is -2.40. The van der Waals surface area contributed by atoms with Crippen LogP contribution in [-0.2, 0) is 14.3 Å². The number of ether oxygens (including phenoxy) is 2. The van der Waals surface area contributed by atoms with Crippen LogP contribution in [0.2, 0.25) is 0 Å². The van der Waals surface area contributed by atoms with Crippen LogP contribution < -0.4 is 16.3 Å². The number of aliphatic carboxylic acids is 1. The van der Waals surface area contributed by atoms with Gasteiger partial charge in [0.05, 0.1) is 17.0 Å². The zero-order valence-electron chi connectivity index (χ0n) is 17.2. The molecule has 0 saturated heterocycles. The van der Waals surface area contributed by atoms with E-state index in [0.717, 1.165) is 0 Å². The lowest BCUT2D eigenvalue weighted by atomic mass is 10.1. The highest BCUT2D eigenvalue weighted by molar-refractivity contribution is 5.93. The van der Waals surface area contributed by atoms with E-state index in [0.29, 0.717) is 11.3 Å². The van der Waals surface area contributed by atoms with Crippen molar-refractivity contribution >= 4 is 34.7 Å². The Morgan fingerprint density at radius 3 is 2.48 bits per heavy atom. The number of hydrogen-bond donors (Lipinski definition) is 3. The number of carboxylic acid groups (broad SMARTS) is 1. The number of aromatic nitrogens is 1. The number of rotatable bonds is 6. The lowest BCUT2D eigenvalue weighted by molar-refractivity contribution is -0.140. The first kappa shape index (κ1) is 22.2.